The summed E-state index contributed by atoms with van der Waals surface area (Å²) in [6.45, 7) is 6.30. The summed E-state index contributed by atoms with van der Waals surface area (Å²) in [5.74, 6) is -0.972. The van der Waals surface area contributed by atoms with E-state index >= 15 is 0 Å². The number of unbranched alkanes of at least 4 members (excludes halogenated alkanes) is 23. The third-order valence-electron chi connectivity index (χ3n) is 10.7. The smallest absolute Gasteiger partial charge is 0.306 e. The van der Waals surface area contributed by atoms with Crippen molar-refractivity contribution in [2.45, 2.75) is 226 Å². The fraction of sp³-hybridized carbons (Fsp3) is 0.638. The van der Waals surface area contributed by atoms with Crippen LogP contribution in [0.3, 0.4) is 0 Å². The molecule has 0 radical (unpaired) electrons. The number of hydrogen-bond acceptors (Lipinski definition) is 6. The highest BCUT2D eigenvalue weighted by atomic mass is 16.6. The number of carbonyl (C=O) groups excluding carboxylic acids is 3. The van der Waals surface area contributed by atoms with Crippen LogP contribution in [0.1, 0.15) is 220 Å². The standard InChI is InChI=1S/C58H94O6/c1-4-7-10-13-16-19-22-25-28-31-33-36-39-42-45-48-51-57(60)63-54-55(64-58(61)52-49-46-43-40-37-34-30-27-24-21-18-15-12-9-6-3)53-62-56(59)50-47-44-41-38-35-32-29-26-23-20-17-14-11-8-5-2/h8-9,11-12,14-15,17-18,20-21,23-24,26-27,29-30,34,37,55H,4-7,10,13,16,19,22,25,28,31-33,35-36,38-54H2,1-3H3/b11-8-,12-9-,17-14-,18-15-,23-20-,24-21-,29-26-,30-27-,37-34-. The molecule has 362 valence electrons. The van der Waals surface area contributed by atoms with E-state index in [-0.39, 0.29) is 37.5 Å². The van der Waals surface area contributed by atoms with Crippen LogP contribution in [-0.2, 0) is 28.6 Å². The lowest BCUT2D eigenvalue weighted by molar-refractivity contribution is -0.167. The minimum absolute atomic E-state index is 0.104. The molecule has 0 aromatic rings. The monoisotopic (exact) mass is 887 g/mol. The second-order valence-electron chi connectivity index (χ2n) is 16.9. The average Bonchev–Trinajstić information content (AvgIpc) is 3.29. The van der Waals surface area contributed by atoms with E-state index in [1.807, 2.05) is 72.9 Å². The normalized spacial score (nSPS) is 13.0. The highest BCUT2D eigenvalue weighted by Crippen LogP contribution is 2.15. The zero-order valence-corrected chi connectivity index (χ0v) is 41.3. The Morgan fingerprint density at radius 1 is 0.328 bits per heavy atom. The number of carbonyl (C=O) groups is 3. The Morgan fingerprint density at radius 3 is 0.969 bits per heavy atom. The lowest BCUT2D eigenvalue weighted by Gasteiger charge is -2.18. The second kappa shape index (κ2) is 51.7. The number of rotatable bonds is 45. The second-order valence-corrected chi connectivity index (χ2v) is 16.9. The Kier molecular flexibility index (Phi) is 48.5. The van der Waals surface area contributed by atoms with E-state index in [2.05, 4.69) is 57.2 Å². The van der Waals surface area contributed by atoms with Crippen molar-refractivity contribution in [1.29, 1.82) is 0 Å². The van der Waals surface area contributed by atoms with Gasteiger partial charge < -0.3 is 14.2 Å². The molecule has 0 aliphatic heterocycles. The number of allylic oxidation sites excluding steroid dienone is 18. The van der Waals surface area contributed by atoms with Crippen LogP contribution in [0.2, 0.25) is 0 Å². The van der Waals surface area contributed by atoms with Gasteiger partial charge in [-0.2, -0.15) is 0 Å². The van der Waals surface area contributed by atoms with Crippen molar-refractivity contribution in [2.75, 3.05) is 13.2 Å². The van der Waals surface area contributed by atoms with Crippen molar-refractivity contribution in [3.63, 3.8) is 0 Å². The summed E-state index contributed by atoms with van der Waals surface area (Å²) < 4.78 is 16.8. The topological polar surface area (TPSA) is 78.9 Å². The van der Waals surface area contributed by atoms with Crippen molar-refractivity contribution in [1.82, 2.24) is 0 Å². The molecule has 0 rings (SSSR count). The minimum atomic E-state index is -0.810. The van der Waals surface area contributed by atoms with Gasteiger partial charge in [0, 0.05) is 19.3 Å². The maximum Gasteiger partial charge on any atom is 0.306 e. The van der Waals surface area contributed by atoms with Gasteiger partial charge >= 0.3 is 17.9 Å². The molecule has 0 saturated heterocycles. The molecule has 0 heterocycles. The highest BCUT2D eigenvalue weighted by molar-refractivity contribution is 5.71. The maximum atomic E-state index is 12.8. The van der Waals surface area contributed by atoms with E-state index in [4.69, 9.17) is 14.2 Å². The Morgan fingerprint density at radius 2 is 0.609 bits per heavy atom. The van der Waals surface area contributed by atoms with Gasteiger partial charge in [0.05, 0.1) is 0 Å². The van der Waals surface area contributed by atoms with E-state index in [1.165, 1.54) is 83.5 Å². The van der Waals surface area contributed by atoms with Crippen molar-refractivity contribution in [3.8, 4) is 0 Å². The van der Waals surface area contributed by atoms with E-state index in [0.29, 0.717) is 19.3 Å². The van der Waals surface area contributed by atoms with Gasteiger partial charge in [-0.3, -0.25) is 14.4 Å². The van der Waals surface area contributed by atoms with Gasteiger partial charge in [-0.05, 0) is 57.8 Å². The molecule has 0 aliphatic rings. The van der Waals surface area contributed by atoms with Crippen LogP contribution in [0.15, 0.2) is 109 Å². The van der Waals surface area contributed by atoms with Gasteiger partial charge in [-0.15, -0.1) is 0 Å². The van der Waals surface area contributed by atoms with Gasteiger partial charge in [0.25, 0.3) is 0 Å². The van der Waals surface area contributed by atoms with Crippen molar-refractivity contribution >= 4 is 17.9 Å². The molecule has 0 aliphatic carbocycles. The predicted molar refractivity (Wildman–Crippen MR) is 274 cm³/mol. The third kappa shape index (κ3) is 49.1. The molecule has 0 fully saturated rings. The van der Waals surface area contributed by atoms with Crippen molar-refractivity contribution in [3.05, 3.63) is 109 Å². The van der Waals surface area contributed by atoms with Crippen LogP contribution in [-0.4, -0.2) is 37.2 Å². The SMILES string of the molecule is CC\C=C/C=C\C=C/C=C\C=C/CCCCCC(=O)OC(COC(=O)CCCCCCC\C=C/C=C\C=C/C=C\CC)COC(=O)CCCCCCCCCCCCCCCCCC. The summed E-state index contributed by atoms with van der Waals surface area (Å²) >= 11 is 0. The molecule has 1 atom stereocenters. The summed E-state index contributed by atoms with van der Waals surface area (Å²) in [5.41, 5.74) is 0. The molecule has 0 N–H and O–H groups in total. The Bertz CT molecular complexity index is 1340. The zero-order chi connectivity index (χ0) is 46.5. The van der Waals surface area contributed by atoms with Crippen LogP contribution >= 0.6 is 0 Å². The molecule has 6 heteroatoms. The van der Waals surface area contributed by atoms with Crippen LogP contribution in [0.4, 0.5) is 0 Å². The third-order valence-corrected chi connectivity index (χ3v) is 10.7. The molecule has 0 bridgehead atoms. The first-order chi connectivity index (χ1) is 31.5. The largest absolute Gasteiger partial charge is 0.462 e. The average molecular weight is 887 g/mol. The van der Waals surface area contributed by atoms with Gasteiger partial charge in [-0.1, -0.05) is 252 Å². The summed E-state index contributed by atoms with van der Waals surface area (Å²) in [5, 5.41) is 0. The highest BCUT2D eigenvalue weighted by Gasteiger charge is 2.19. The number of ether oxygens (including phenoxy) is 3. The van der Waals surface area contributed by atoms with Crippen molar-refractivity contribution in [2.24, 2.45) is 0 Å². The van der Waals surface area contributed by atoms with Gasteiger partial charge in [0.15, 0.2) is 6.10 Å². The Balaban J connectivity index is 4.50. The molecule has 64 heavy (non-hydrogen) atoms. The molecular formula is C58H94O6. The first-order valence-electron chi connectivity index (χ1n) is 26.0. The molecule has 0 spiro atoms. The fourth-order valence-corrected chi connectivity index (χ4v) is 6.89. The van der Waals surface area contributed by atoms with E-state index < -0.39 is 6.10 Å². The molecule has 0 amide bonds. The summed E-state index contributed by atoms with van der Waals surface area (Å²) in [4.78, 5) is 38.0. The molecule has 0 aromatic heterocycles. The van der Waals surface area contributed by atoms with Crippen LogP contribution in [0.25, 0.3) is 0 Å². The van der Waals surface area contributed by atoms with E-state index in [1.54, 1.807) is 0 Å². The number of esters is 3. The Labute approximate surface area is 393 Å². The predicted octanol–water partition coefficient (Wildman–Crippen LogP) is 17.1. The first kappa shape index (κ1) is 60.1. The van der Waals surface area contributed by atoms with E-state index in [9.17, 15) is 14.4 Å². The summed E-state index contributed by atoms with van der Waals surface area (Å²) in [6.07, 6.45) is 69.2. The zero-order valence-electron chi connectivity index (χ0n) is 41.3. The quantitative estimate of drug-likeness (QED) is 0.0262. The summed E-state index contributed by atoms with van der Waals surface area (Å²) in [7, 11) is 0. The maximum absolute atomic E-state index is 12.8. The van der Waals surface area contributed by atoms with Crippen LogP contribution < -0.4 is 0 Å². The number of hydrogen-bond donors (Lipinski definition) is 0. The lowest BCUT2D eigenvalue weighted by Crippen LogP contribution is -2.30. The Hall–Kier alpha value is -3.93. The molecule has 1 unspecified atom stereocenters. The molecular weight excluding hydrogens is 793 g/mol. The molecule has 0 aromatic carbocycles. The van der Waals surface area contributed by atoms with Gasteiger partial charge in [-0.25, -0.2) is 0 Å². The van der Waals surface area contributed by atoms with Crippen LogP contribution in [0.5, 0.6) is 0 Å². The van der Waals surface area contributed by atoms with E-state index in [0.717, 1.165) is 89.9 Å². The fourth-order valence-electron chi connectivity index (χ4n) is 6.89. The van der Waals surface area contributed by atoms with Crippen molar-refractivity contribution < 1.29 is 28.6 Å². The van der Waals surface area contributed by atoms with Gasteiger partial charge in [0.1, 0.15) is 13.2 Å². The first-order valence-corrected chi connectivity index (χ1v) is 26.0. The minimum Gasteiger partial charge on any atom is -0.462 e. The summed E-state index contributed by atoms with van der Waals surface area (Å²) in [6, 6.07) is 0. The lowest BCUT2D eigenvalue weighted by atomic mass is 10.0. The molecule has 0 saturated carbocycles. The molecule has 6 nitrogen and oxygen atoms in total. The van der Waals surface area contributed by atoms with Gasteiger partial charge in [0.2, 0.25) is 0 Å². The van der Waals surface area contributed by atoms with Crippen LogP contribution in [0, 0.1) is 0 Å².